The minimum atomic E-state index is -1.03. The molecular formula is C28H25ClN2O6. The van der Waals surface area contributed by atoms with Crippen LogP contribution in [-0.4, -0.2) is 34.5 Å². The molecule has 1 fully saturated rings. The molecule has 8 nitrogen and oxygen atoms in total. The molecule has 4 rings (SSSR count). The van der Waals surface area contributed by atoms with Gasteiger partial charge in [-0.25, -0.2) is 9.59 Å². The van der Waals surface area contributed by atoms with Crippen molar-refractivity contribution in [2.24, 2.45) is 0 Å². The Bertz CT molecular complexity index is 1380. The number of halogens is 1. The molecular weight excluding hydrogens is 496 g/mol. The molecule has 1 heterocycles. The number of ether oxygens (including phenoxy) is 2. The summed E-state index contributed by atoms with van der Waals surface area (Å²) in [7, 11) is 0. The zero-order valence-corrected chi connectivity index (χ0v) is 21.0. The van der Waals surface area contributed by atoms with Gasteiger partial charge in [-0.15, -0.1) is 0 Å². The van der Waals surface area contributed by atoms with E-state index in [2.05, 4.69) is 5.32 Å². The van der Waals surface area contributed by atoms with Crippen LogP contribution in [0.15, 0.2) is 66.4 Å². The highest BCUT2D eigenvalue weighted by Crippen LogP contribution is 2.38. The van der Waals surface area contributed by atoms with Gasteiger partial charge in [-0.1, -0.05) is 53.6 Å². The SMILES string of the molecule is CCOc1cc(/C=C2/NC(=O)N(Cc3ccc(C)cc3)C2=O)cc(Cl)c1OCc1cccc(C(=O)O)c1. The van der Waals surface area contributed by atoms with Crippen LogP contribution in [-0.2, 0) is 17.9 Å². The highest BCUT2D eigenvalue weighted by molar-refractivity contribution is 6.32. The quantitative estimate of drug-likeness (QED) is 0.288. The van der Waals surface area contributed by atoms with Gasteiger partial charge < -0.3 is 19.9 Å². The van der Waals surface area contributed by atoms with Crippen molar-refractivity contribution in [2.45, 2.75) is 27.0 Å². The van der Waals surface area contributed by atoms with Crippen LogP contribution >= 0.6 is 11.6 Å². The summed E-state index contributed by atoms with van der Waals surface area (Å²) in [4.78, 5) is 37.8. The van der Waals surface area contributed by atoms with E-state index in [1.54, 1.807) is 24.3 Å². The molecule has 0 aliphatic carbocycles. The molecule has 0 radical (unpaired) electrons. The van der Waals surface area contributed by atoms with E-state index in [4.69, 9.17) is 21.1 Å². The second kappa shape index (κ2) is 11.2. The second-order valence-corrected chi connectivity index (χ2v) is 8.83. The van der Waals surface area contributed by atoms with Crippen LogP contribution in [0.2, 0.25) is 5.02 Å². The topological polar surface area (TPSA) is 105 Å². The molecule has 1 aliphatic rings. The Labute approximate surface area is 219 Å². The van der Waals surface area contributed by atoms with Crippen LogP contribution in [0.4, 0.5) is 4.79 Å². The lowest BCUT2D eigenvalue weighted by Gasteiger charge is -2.15. The molecule has 0 unspecified atom stereocenters. The number of aromatic carboxylic acids is 1. The van der Waals surface area contributed by atoms with Crippen LogP contribution in [0.5, 0.6) is 11.5 Å². The third-order valence-corrected chi connectivity index (χ3v) is 5.90. The number of benzene rings is 3. The Morgan fingerprint density at radius 2 is 1.81 bits per heavy atom. The van der Waals surface area contributed by atoms with Gasteiger partial charge in [-0.2, -0.15) is 0 Å². The number of amides is 3. The Kier molecular flexibility index (Phi) is 7.79. The van der Waals surface area contributed by atoms with Crippen LogP contribution in [0.1, 0.15) is 39.5 Å². The van der Waals surface area contributed by atoms with Gasteiger partial charge in [-0.05, 0) is 60.9 Å². The lowest BCUT2D eigenvalue weighted by molar-refractivity contribution is -0.123. The van der Waals surface area contributed by atoms with Crippen molar-refractivity contribution < 1.29 is 29.0 Å². The van der Waals surface area contributed by atoms with Crippen molar-refractivity contribution in [3.63, 3.8) is 0 Å². The van der Waals surface area contributed by atoms with E-state index < -0.39 is 17.9 Å². The molecule has 0 saturated carbocycles. The molecule has 0 spiro atoms. The first kappa shape index (κ1) is 25.8. The molecule has 1 saturated heterocycles. The molecule has 190 valence electrons. The average molecular weight is 521 g/mol. The summed E-state index contributed by atoms with van der Waals surface area (Å²) in [5.41, 5.74) is 3.39. The number of nitrogens with zero attached hydrogens (tertiary/aromatic N) is 1. The molecule has 37 heavy (non-hydrogen) atoms. The first-order chi connectivity index (χ1) is 17.7. The van der Waals surface area contributed by atoms with Gasteiger partial charge in [0.1, 0.15) is 12.3 Å². The summed E-state index contributed by atoms with van der Waals surface area (Å²) < 4.78 is 11.6. The first-order valence-corrected chi connectivity index (χ1v) is 11.9. The van der Waals surface area contributed by atoms with Crippen molar-refractivity contribution >= 4 is 35.6 Å². The van der Waals surface area contributed by atoms with Gasteiger partial charge in [0.2, 0.25) is 0 Å². The number of hydrogen-bond acceptors (Lipinski definition) is 5. The van der Waals surface area contributed by atoms with E-state index in [9.17, 15) is 19.5 Å². The third kappa shape index (κ3) is 6.10. The third-order valence-electron chi connectivity index (χ3n) is 5.62. The smallest absolute Gasteiger partial charge is 0.335 e. The minimum absolute atomic E-state index is 0.0733. The molecule has 3 amide bonds. The number of urea groups is 1. The summed E-state index contributed by atoms with van der Waals surface area (Å²) >= 11 is 6.51. The maximum Gasteiger partial charge on any atom is 0.335 e. The van der Waals surface area contributed by atoms with Gasteiger partial charge in [0.05, 0.1) is 23.7 Å². The number of carbonyl (C=O) groups excluding carboxylic acids is 2. The summed E-state index contributed by atoms with van der Waals surface area (Å²) in [5.74, 6) is -0.838. The van der Waals surface area contributed by atoms with Gasteiger partial charge in [0.15, 0.2) is 11.5 Å². The summed E-state index contributed by atoms with van der Waals surface area (Å²) in [6, 6.07) is 16.8. The largest absolute Gasteiger partial charge is 0.490 e. The molecule has 0 bridgehead atoms. The summed E-state index contributed by atoms with van der Waals surface area (Å²) in [5, 5.41) is 12.0. The number of carbonyl (C=O) groups is 3. The first-order valence-electron chi connectivity index (χ1n) is 11.6. The average Bonchev–Trinajstić information content (AvgIpc) is 3.12. The fraction of sp³-hybridized carbons (Fsp3) is 0.179. The lowest BCUT2D eigenvalue weighted by atomic mass is 10.1. The number of carboxylic acids is 1. The lowest BCUT2D eigenvalue weighted by Crippen LogP contribution is -2.30. The van der Waals surface area contributed by atoms with E-state index >= 15 is 0 Å². The van der Waals surface area contributed by atoms with E-state index in [1.165, 1.54) is 18.2 Å². The molecule has 3 aromatic carbocycles. The Morgan fingerprint density at radius 3 is 2.51 bits per heavy atom. The van der Waals surface area contributed by atoms with Gasteiger partial charge in [0, 0.05) is 0 Å². The maximum atomic E-state index is 12.9. The molecule has 1 aliphatic heterocycles. The Hall–Kier alpha value is -4.30. The molecule has 0 atom stereocenters. The zero-order chi connectivity index (χ0) is 26.5. The predicted molar refractivity (Wildman–Crippen MR) is 139 cm³/mol. The predicted octanol–water partition coefficient (Wildman–Crippen LogP) is 5.42. The van der Waals surface area contributed by atoms with Crippen molar-refractivity contribution in [1.29, 1.82) is 0 Å². The van der Waals surface area contributed by atoms with E-state index in [0.717, 1.165) is 16.0 Å². The fourth-order valence-electron chi connectivity index (χ4n) is 3.78. The summed E-state index contributed by atoms with van der Waals surface area (Å²) in [6.07, 6.45) is 1.53. The van der Waals surface area contributed by atoms with Gasteiger partial charge in [0.25, 0.3) is 5.91 Å². The number of hydrogen-bond donors (Lipinski definition) is 2. The Balaban J connectivity index is 1.54. The normalized spacial score (nSPS) is 14.1. The molecule has 3 aromatic rings. The number of carboxylic acid groups (broad SMARTS) is 1. The molecule has 2 N–H and O–H groups in total. The van der Waals surface area contributed by atoms with Gasteiger partial charge >= 0.3 is 12.0 Å². The van der Waals surface area contributed by atoms with Crippen LogP contribution in [0.3, 0.4) is 0 Å². The van der Waals surface area contributed by atoms with Crippen LogP contribution in [0.25, 0.3) is 6.08 Å². The van der Waals surface area contributed by atoms with Crippen molar-refractivity contribution in [3.8, 4) is 11.5 Å². The number of rotatable bonds is 9. The zero-order valence-electron chi connectivity index (χ0n) is 20.3. The highest BCUT2D eigenvalue weighted by atomic mass is 35.5. The van der Waals surface area contributed by atoms with Crippen molar-refractivity contribution in [2.75, 3.05) is 6.61 Å². The number of nitrogens with one attached hydrogen (secondary N) is 1. The standard InChI is InChI=1S/C28H25ClN2O6/c1-3-36-24-14-20(12-22(29)25(24)37-16-19-5-4-6-21(11-19)27(33)34)13-23-26(32)31(28(35)30-23)15-18-9-7-17(2)8-10-18/h4-14H,3,15-16H2,1-2H3,(H,30,35)(H,33,34)/b23-13+. The summed E-state index contributed by atoms with van der Waals surface area (Å²) in [6.45, 7) is 4.34. The second-order valence-electron chi connectivity index (χ2n) is 8.42. The minimum Gasteiger partial charge on any atom is -0.490 e. The Morgan fingerprint density at radius 1 is 1.05 bits per heavy atom. The monoisotopic (exact) mass is 520 g/mol. The fourth-order valence-corrected chi connectivity index (χ4v) is 4.06. The van der Waals surface area contributed by atoms with Gasteiger partial charge in [-0.3, -0.25) is 9.69 Å². The van der Waals surface area contributed by atoms with Crippen molar-refractivity contribution in [3.05, 3.63) is 99.2 Å². The maximum absolute atomic E-state index is 12.9. The van der Waals surface area contributed by atoms with Crippen LogP contribution in [0, 0.1) is 6.92 Å². The van der Waals surface area contributed by atoms with E-state index in [-0.39, 0.29) is 35.2 Å². The number of imide groups is 1. The molecule has 9 heteroatoms. The molecule has 0 aromatic heterocycles. The number of aryl methyl sites for hydroxylation is 1. The van der Waals surface area contributed by atoms with Crippen LogP contribution < -0.4 is 14.8 Å². The highest BCUT2D eigenvalue weighted by Gasteiger charge is 2.33. The van der Waals surface area contributed by atoms with E-state index in [0.29, 0.717) is 23.5 Å². The van der Waals surface area contributed by atoms with E-state index in [1.807, 2.05) is 38.1 Å². The van der Waals surface area contributed by atoms with Crippen molar-refractivity contribution in [1.82, 2.24) is 10.2 Å².